The molecule has 0 unspecified atom stereocenters. The van der Waals surface area contributed by atoms with E-state index in [1.165, 1.54) is 5.32 Å². The van der Waals surface area contributed by atoms with Gasteiger partial charge in [-0.1, -0.05) is 0 Å². The molecule has 0 saturated heterocycles. The van der Waals surface area contributed by atoms with Crippen molar-refractivity contribution in [3.05, 3.63) is 0 Å². The Morgan fingerprint density at radius 1 is 1.50 bits per heavy atom. The molecular formula is C5H7F4NO2. The summed E-state index contributed by atoms with van der Waals surface area (Å²) in [6, 6.07) is 0. The zero-order valence-corrected chi connectivity index (χ0v) is 5.86. The minimum absolute atomic E-state index is 0.471. The average Bonchev–Trinajstić information content (AvgIpc) is 1.99. The number of aliphatic hydroxyl groups excluding tert-OH is 1. The molecule has 0 atom stereocenters. The SMILES string of the molecule is O=C(NCCO)C(F)(F)C(F)F. The summed E-state index contributed by atoms with van der Waals surface area (Å²) in [5.41, 5.74) is 0. The minimum atomic E-state index is -4.69. The zero-order valence-electron chi connectivity index (χ0n) is 5.86. The van der Waals surface area contributed by atoms with E-state index in [9.17, 15) is 22.4 Å². The second kappa shape index (κ2) is 4.24. The summed E-state index contributed by atoms with van der Waals surface area (Å²) in [6.45, 7) is -1.05. The van der Waals surface area contributed by atoms with Crippen LogP contribution in [0.25, 0.3) is 0 Å². The number of alkyl halides is 4. The van der Waals surface area contributed by atoms with Gasteiger partial charge in [0.2, 0.25) is 0 Å². The van der Waals surface area contributed by atoms with Gasteiger partial charge in [0.05, 0.1) is 6.61 Å². The zero-order chi connectivity index (χ0) is 9.78. The summed E-state index contributed by atoms with van der Waals surface area (Å²) in [4.78, 5) is 10.2. The van der Waals surface area contributed by atoms with Crippen LogP contribution in [0.5, 0.6) is 0 Å². The standard InChI is InChI=1S/C5H7F4NO2/c6-3(7)5(8,9)4(12)10-1-2-11/h3,11H,1-2H2,(H,10,12). The minimum Gasteiger partial charge on any atom is -0.395 e. The lowest BCUT2D eigenvalue weighted by molar-refractivity contribution is -0.169. The Kier molecular flexibility index (Phi) is 3.94. The lowest BCUT2D eigenvalue weighted by Crippen LogP contribution is -2.45. The van der Waals surface area contributed by atoms with Crippen LogP contribution in [0.2, 0.25) is 0 Å². The predicted octanol–water partition coefficient (Wildman–Crippen LogP) is -0.00470. The summed E-state index contributed by atoms with van der Waals surface area (Å²) in [5.74, 6) is -6.76. The van der Waals surface area contributed by atoms with Crippen LogP contribution in [0.15, 0.2) is 0 Å². The van der Waals surface area contributed by atoms with E-state index in [4.69, 9.17) is 5.11 Å². The Bertz CT molecular complexity index is 162. The first-order chi connectivity index (χ1) is 5.42. The first kappa shape index (κ1) is 11.2. The molecule has 1 amide bonds. The maximum Gasteiger partial charge on any atom is 0.383 e. The van der Waals surface area contributed by atoms with Gasteiger partial charge in [0, 0.05) is 6.54 Å². The number of halogens is 4. The van der Waals surface area contributed by atoms with Crippen LogP contribution in [0.4, 0.5) is 17.6 Å². The van der Waals surface area contributed by atoms with Crippen molar-refractivity contribution in [3.8, 4) is 0 Å². The Balaban J connectivity index is 4.07. The van der Waals surface area contributed by atoms with Crippen molar-refractivity contribution in [1.82, 2.24) is 5.32 Å². The summed E-state index contributed by atoms with van der Waals surface area (Å²) in [5, 5.41) is 9.51. The Morgan fingerprint density at radius 3 is 2.33 bits per heavy atom. The maximum absolute atomic E-state index is 12.0. The number of nitrogens with one attached hydrogen (secondary N) is 1. The summed E-state index contributed by atoms with van der Waals surface area (Å²) >= 11 is 0. The second-order valence-corrected chi connectivity index (χ2v) is 1.90. The molecule has 2 N–H and O–H groups in total. The number of carbonyl (C=O) groups is 1. The molecule has 72 valence electrons. The lowest BCUT2D eigenvalue weighted by atomic mass is 10.3. The van der Waals surface area contributed by atoms with Gasteiger partial charge < -0.3 is 10.4 Å². The number of hydrogen-bond donors (Lipinski definition) is 2. The average molecular weight is 189 g/mol. The summed E-state index contributed by atoms with van der Waals surface area (Å²) < 4.78 is 46.9. The number of rotatable bonds is 4. The molecular weight excluding hydrogens is 182 g/mol. The fourth-order valence-electron chi connectivity index (χ4n) is 0.386. The van der Waals surface area contributed by atoms with Gasteiger partial charge in [0.25, 0.3) is 5.91 Å². The fraction of sp³-hybridized carbons (Fsp3) is 0.800. The largest absolute Gasteiger partial charge is 0.395 e. The Labute approximate surface area is 65.4 Å². The van der Waals surface area contributed by atoms with E-state index < -0.39 is 31.4 Å². The van der Waals surface area contributed by atoms with Gasteiger partial charge in [-0.05, 0) is 0 Å². The monoisotopic (exact) mass is 189 g/mol. The van der Waals surface area contributed by atoms with Gasteiger partial charge in [-0.15, -0.1) is 0 Å². The lowest BCUT2D eigenvalue weighted by Gasteiger charge is -2.13. The van der Waals surface area contributed by atoms with Crippen molar-refractivity contribution in [3.63, 3.8) is 0 Å². The van der Waals surface area contributed by atoms with Gasteiger partial charge in [0.1, 0.15) is 0 Å². The molecule has 3 nitrogen and oxygen atoms in total. The second-order valence-electron chi connectivity index (χ2n) is 1.90. The smallest absolute Gasteiger partial charge is 0.383 e. The van der Waals surface area contributed by atoms with E-state index >= 15 is 0 Å². The van der Waals surface area contributed by atoms with Gasteiger partial charge in [-0.2, -0.15) is 8.78 Å². The fourth-order valence-corrected chi connectivity index (χ4v) is 0.386. The third kappa shape index (κ3) is 2.65. The molecule has 0 bridgehead atoms. The Hall–Kier alpha value is -0.850. The van der Waals surface area contributed by atoms with Crippen LogP contribution in [0.3, 0.4) is 0 Å². The predicted molar refractivity (Wildman–Crippen MR) is 31.0 cm³/mol. The molecule has 0 aliphatic rings. The number of aliphatic hydroxyl groups is 1. The van der Waals surface area contributed by atoms with Gasteiger partial charge >= 0.3 is 12.3 Å². The third-order valence-electron chi connectivity index (χ3n) is 0.974. The molecule has 0 heterocycles. The number of amides is 1. The highest BCUT2D eigenvalue weighted by molar-refractivity contribution is 5.83. The van der Waals surface area contributed by atoms with Crippen LogP contribution >= 0.6 is 0 Å². The van der Waals surface area contributed by atoms with Gasteiger partial charge in [-0.3, -0.25) is 4.79 Å². The Morgan fingerprint density at radius 2 is 2.00 bits per heavy atom. The molecule has 0 aromatic heterocycles. The molecule has 7 heteroatoms. The number of carbonyl (C=O) groups excluding carboxylic acids is 1. The molecule has 0 aliphatic carbocycles. The van der Waals surface area contributed by atoms with Gasteiger partial charge in [0.15, 0.2) is 0 Å². The van der Waals surface area contributed by atoms with E-state index in [1.54, 1.807) is 0 Å². The van der Waals surface area contributed by atoms with Crippen molar-refractivity contribution in [2.24, 2.45) is 0 Å². The highest BCUT2D eigenvalue weighted by atomic mass is 19.3. The van der Waals surface area contributed by atoms with Crippen molar-refractivity contribution in [1.29, 1.82) is 0 Å². The van der Waals surface area contributed by atoms with Crippen LogP contribution in [-0.2, 0) is 4.79 Å². The van der Waals surface area contributed by atoms with E-state index in [-0.39, 0.29) is 0 Å². The van der Waals surface area contributed by atoms with Crippen molar-refractivity contribution >= 4 is 5.91 Å². The molecule has 0 aromatic carbocycles. The molecule has 0 aromatic rings. The highest BCUT2D eigenvalue weighted by Gasteiger charge is 2.48. The van der Waals surface area contributed by atoms with E-state index in [2.05, 4.69) is 0 Å². The van der Waals surface area contributed by atoms with Crippen LogP contribution in [0.1, 0.15) is 0 Å². The molecule has 0 rings (SSSR count). The molecule has 0 spiro atoms. The molecule has 0 saturated carbocycles. The quantitative estimate of drug-likeness (QED) is 0.611. The molecule has 0 fully saturated rings. The van der Waals surface area contributed by atoms with Crippen LogP contribution in [-0.4, -0.2) is 36.5 Å². The number of hydrogen-bond acceptors (Lipinski definition) is 2. The molecule has 0 aliphatic heterocycles. The maximum atomic E-state index is 12.0. The third-order valence-corrected chi connectivity index (χ3v) is 0.974. The van der Waals surface area contributed by atoms with E-state index in [1.807, 2.05) is 0 Å². The van der Waals surface area contributed by atoms with Crippen LogP contribution < -0.4 is 5.32 Å². The normalized spacial score (nSPS) is 11.8. The molecule has 0 radical (unpaired) electrons. The van der Waals surface area contributed by atoms with Crippen molar-refractivity contribution in [2.75, 3.05) is 13.2 Å². The topological polar surface area (TPSA) is 49.3 Å². The first-order valence-corrected chi connectivity index (χ1v) is 2.98. The van der Waals surface area contributed by atoms with Gasteiger partial charge in [-0.25, -0.2) is 8.78 Å². The van der Waals surface area contributed by atoms with E-state index in [0.717, 1.165) is 0 Å². The van der Waals surface area contributed by atoms with E-state index in [0.29, 0.717) is 0 Å². The van der Waals surface area contributed by atoms with Crippen molar-refractivity contribution in [2.45, 2.75) is 12.3 Å². The van der Waals surface area contributed by atoms with Crippen LogP contribution in [0, 0.1) is 0 Å². The summed E-state index contributed by atoms with van der Waals surface area (Å²) in [7, 11) is 0. The first-order valence-electron chi connectivity index (χ1n) is 2.98. The molecule has 12 heavy (non-hydrogen) atoms. The highest BCUT2D eigenvalue weighted by Crippen LogP contribution is 2.22. The summed E-state index contributed by atoms with van der Waals surface area (Å²) in [6.07, 6.45) is -4.03. The van der Waals surface area contributed by atoms with Crippen molar-refractivity contribution < 1.29 is 27.5 Å².